The minimum Gasteiger partial charge on any atom is -0.368 e. The van der Waals surface area contributed by atoms with E-state index in [2.05, 4.69) is 44.4 Å². The van der Waals surface area contributed by atoms with Crippen LogP contribution in [0, 0.1) is 17.2 Å². The maximum Gasteiger partial charge on any atom is 0.417 e. The lowest BCUT2D eigenvalue weighted by Gasteiger charge is -2.30. The second-order valence-corrected chi connectivity index (χ2v) is 13.0. The number of nitrogens with two attached hydrogens (primary N) is 1. The van der Waals surface area contributed by atoms with Gasteiger partial charge >= 0.3 is 12.2 Å². The summed E-state index contributed by atoms with van der Waals surface area (Å²) in [6, 6.07) is 14.8. The SMILES string of the molecule is CC(C)Cn1cnnc1C1C(c2ccc(-c3nc(N)n(C(=O)c4ccc(N5CCNC5=O)cc4)n3)nc2)CCN1c1ccc(C#N)c(C(F)(F)F)c1. The third-order valence-electron chi connectivity index (χ3n) is 9.18. The van der Waals surface area contributed by atoms with Crippen molar-refractivity contribution in [1.82, 2.24) is 39.8 Å². The molecule has 2 atom stereocenters. The summed E-state index contributed by atoms with van der Waals surface area (Å²) in [5.41, 5.74) is 7.08. The van der Waals surface area contributed by atoms with Crippen LogP contribution < -0.4 is 20.9 Å². The first kappa shape index (κ1) is 34.2. The molecule has 0 spiro atoms. The predicted octanol–water partition coefficient (Wildman–Crippen LogP) is 5.01. The van der Waals surface area contributed by atoms with E-state index >= 15 is 0 Å². The number of nitriles is 1. The molecule has 5 aromatic rings. The molecule has 0 saturated carbocycles. The zero-order valence-electron chi connectivity index (χ0n) is 28.1. The van der Waals surface area contributed by atoms with Crippen LogP contribution in [0.5, 0.6) is 0 Å². The van der Waals surface area contributed by atoms with E-state index in [0.717, 1.165) is 16.3 Å². The van der Waals surface area contributed by atoms with Gasteiger partial charge in [-0.15, -0.1) is 15.3 Å². The number of carbonyl (C=O) groups excluding carboxylic acids is 2. The first-order valence-corrected chi connectivity index (χ1v) is 16.6. The number of anilines is 3. The molecule has 52 heavy (non-hydrogen) atoms. The van der Waals surface area contributed by atoms with Gasteiger partial charge in [-0.05, 0) is 66.4 Å². The van der Waals surface area contributed by atoms with Gasteiger partial charge in [0.2, 0.25) is 11.8 Å². The van der Waals surface area contributed by atoms with Crippen LogP contribution in [-0.4, -0.2) is 66.1 Å². The maximum atomic E-state index is 14.0. The van der Waals surface area contributed by atoms with Crippen LogP contribution >= 0.6 is 0 Å². The summed E-state index contributed by atoms with van der Waals surface area (Å²) in [5, 5.41) is 25.0. The number of alkyl halides is 3. The van der Waals surface area contributed by atoms with Gasteiger partial charge in [0, 0.05) is 55.2 Å². The lowest BCUT2D eigenvalue weighted by atomic mass is 9.91. The fraction of sp³-hybridized carbons (Fsp3) is 0.314. The highest BCUT2D eigenvalue weighted by Gasteiger charge is 2.41. The van der Waals surface area contributed by atoms with E-state index in [1.807, 2.05) is 15.5 Å². The molecule has 2 fully saturated rings. The summed E-state index contributed by atoms with van der Waals surface area (Å²) < 4.78 is 44.8. The smallest absolute Gasteiger partial charge is 0.368 e. The number of amides is 2. The van der Waals surface area contributed by atoms with Crippen molar-refractivity contribution in [3.63, 3.8) is 0 Å². The molecule has 2 aliphatic heterocycles. The Bertz CT molecular complexity index is 2170. The van der Waals surface area contributed by atoms with Gasteiger partial charge in [-0.2, -0.15) is 28.1 Å². The normalized spacial score (nSPS) is 17.5. The zero-order valence-corrected chi connectivity index (χ0v) is 28.1. The molecule has 7 rings (SSSR count). The van der Waals surface area contributed by atoms with Gasteiger partial charge in [-0.1, -0.05) is 19.9 Å². The van der Waals surface area contributed by atoms with Gasteiger partial charge in [-0.25, -0.2) is 4.79 Å². The molecule has 2 saturated heterocycles. The second kappa shape index (κ2) is 13.4. The zero-order chi connectivity index (χ0) is 36.7. The molecular weight excluding hydrogens is 677 g/mol. The Labute approximate surface area is 295 Å². The van der Waals surface area contributed by atoms with Crippen LogP contribution in [0.1, 0.15) is 65.1 Å². The summed E-state index contributed by atoms with van der Waals surface area (Å²) in [7, 11) is 0. The predicted molar refractivity (Wildman–Crippen MR) is 183 cm³/mol. The van der Waals surface area contributed by atoms with Gasteiger partial charge in [0.15, 0.2) is 5.82 Å². The average Bonchev–Trinajstić information content (AvgIpc) is 3.94. The molecule has 3 N–H and O–H groups in total. The van der Waals surface area contributed by atoms with Gasteiger partial charge in [-0.3, -0.25) is 14.7 Å². The van der Waals surface area contributed by atoms with Crippen molar-refractivity contribution in [1.29, 1.82) is 5.26 Å². The number of nitrogens with one attached hydrogen (secondary N) is 1. The van der Waals surface area contributed by atoms with Crippen molar-refractivity contribution in [3.8, 4) is 17.6 Å². The molecule has 14 nitrogen and oxygen atoms in total. The van der Waals surface area contributed by atoms with E-state index in [0.29, 0.717) is 61.1 Å². The van der Waals surface area contributed by atoms with E-state index < -0.39 is 29.3 Å². The van der Waals surface area contributed by atoms with E-state index in [9.17, 15) is 28.0 Å². The molecule has 266 valence electrons. The summed E-state index contributed by atoms with van der Waals surface area (Å²) in [6.07, 6.45) is -0.861. The molecule has 17 heteroatoms. The van der Waals surface area contributed by atoms with Crippen LogP contribution in [0.15, 0.2) is 67.1 Å². The molecule has 2 aliphatic rings. The number of aromatic nitrogens is 7. The first-order valence-electron chi connectivity index (χ1n) is 16.6. The lowest BCUT2D eigenvalue weighted by molar-refractivity contribution is -0.137. The fourth-order valence-corrected chi connectivity index (χ4v) is 6.78. The molecule has 0 bridgehead atoms. The Balaban J connectivity index is 1.17. The Morgan fingerprint density at radius 1 is 1.10 bits per heavy atom. The van der Waals surface area contributed by atoms with Crippen molar-refractivity contribution >= 4 is 29.3 Å². The first-order chi connectivity index (χ1) is 24.9. The van der Waals surface area contributed by atoms with Gasteiger partial charge < -0.3 is 20.5 Å². The van der Waals surface area contributed by atoms with Crippen LogP contribution in [0.4, 0.5) is 35.3 Å². The Morgan fingerprint density at radius 3 is 2.52 bits per heavy atom. The van der Waals surface area contributed by atoms with E-state index in [1.165, 1.54) is 12.1 Å². The van der Waals surface area contributed by atoms with E-state index in [1.54, 1.807) is 53.8 Å². The Morgan fingerprint density at radius 2 is 1.87 bits per heavy atom. The number of hydrogen-bond acceptors (Lipinski definition) is 10. The van der Waals surface area contributed by atoms with Crippen molar-refractivity contribution in [2.45, 2.75) is 44.9 Å². The number of pyridine rings is 1. The third-order valence-corrected chi connectivity index (χ3v) is 9.18. The summed E-state index contributed by atoms with van der Waals surface area (Å²) in [4.78, 5) is 37.6. The number of nitrogen functional groups attached to an aromatic ring is 1. The fourth-order valence-electron chi connectivity index (χ4n) is 6.78. The van der Waals surface area contributed by atoms with Crippen molar-refractivity contribution in [2.24, 2.45) is 5.92 Å². The molecule has 0 radical (unpaired) electrons. The van der Waals surface area contributed by atoms with Crippen LogP contribution in [-0.2, 0) is 12.7 Å². The van der Waals surface area contributed by atoms with Crippen LogP contribution in [0.25, 0.3) is 11.5 Å². The molecule has 2 amide bonds. The molecule has 2 unspecified atom stereocenters. The minimum atomic E-state index is -4.71. The molecule has 0 aliphatic carbocycles. The number of carbonyl (C=O) groups is 2. The number of urea groups is 1. The highest BCUT2D eigenvalue weighted by atomic mass is 19.4. The number of benzene rings is 2. The largest absolute Gasteiger partial charge is 0.417 e. The summed E-state index contributed by atoms with van der Waals surface area (Å²) in [6.45, 7) is 6.18. The number of rotatable bonds is 8. The standard InChI is InChI=1S/C35H33F3N12O2/c1-20(2)18-47-19-43-45-31(47)29-26(11-13-48(29)25-9-5-22(16-39)27(15-25)35(36,37)38)23-6-10-28(42-17-23)30-44-33(40)50(46-30)32(51)21-3-7-24(8-4-21)49-14-12-41-34(49)52/h3-10,15,17,19-20,26,29H,11-14,18H2,1-2H3,(H,41,52)(H2,40,44,46). The van der Waals surface area contributed by atoms with Gasteiger partial charge in [0.1, 0.15) is 12.0 Å². The van der Waals surface area contributed by atoms with Gasteiger partial charge in [0.05, 0.1) is 23.2 Å². The minimum absolute atomic E-state index is 0.126. The third kappa shape index (κ3) is 6.38. The quantitative estimate of drug-likeness (QED) is 0.223. The monoisotopic (exact) mass is 710 g/mol. The highest BCUT2D eigenvalue weighted by molar-refractivity contribution is 5.98. The lowest BCUT2D eigenvalue weighted by Crippen LogP contribution is -2.28. The Hall–Kier alpha value is -6.31. The highest BCUT2D eigenvalue weighted by Crippen LogP contribution is 2.46. The van der Waals surface area contributed by atoms with Crippen LogP contribution in [0.3, 0.4) is 0 Å². The average molecular weight is 711 g/mol. The molecule has 2 aromatic carbocycles. The number of halogens is 3. The summed E-state index contributed by atoms with van der Waals surface area (Å²) >= 11 is 0. The second-order valence-electron chi connectivity index (χ2n) is 13.0. The van der Waals surface area contributed by atoms with Crippen molar-refractivity contribution in [3.05, 3.63) is 95.2 Å². The number of nitrogens with zero attached hydrogens (tertiary/aromatic N) is 10. The summed E-state index contributed by atoms with van der Waals surface area (Å²) in [5.74, 6) is 0.0860. The molecule has 3 aromatic heterocycles. The van der Waals surface area contributed by atoms with Crippen LogP contribution in [0.2, 0.25) is 0 Å². The maximum absolute atomic E-state index is 14.0. The molecular formula is C35H33F3N12O2. The van der Waals surface area contributed by atoms with E-state index in [-0.39, 0.29) is 29.6 Å². The van der Waals surface area contributed by atoms with Crippen molar-refractivity contribution in [2.75, 3.05) is 35.2 Å². The topological polar surface area (TPSA) is 177 Å². The molecule has 5 heterocycles. The Kier molecular flexibility index (Phi) is 8.82. The van der Waals surface area contributed by atoms with Gasteiger partial charge in [0.25, 0.3) is 5.91 Å². The van der Waals surface area contributed by atoms with E-state index in [4.69, 9.17) is 5.73 Å². The van der Waals surface area contributed by atoms with Crippen molar-refractivity contribution < 1.29 is 22.8 Å². The number of hydrogen-bond donors (Lipinski definition) is 2.